The third kappa shape index (κ3) is 46.3. The molecule has 0 unspecified atom stereocenters. The van der Waals surface area contributed by atoms with Gasteiger partial charge >= 0.3 is 67.7 Å². The van der Waals surface area contributed by atoms with Gasteiger partial charge in [0.25, 0.3) is 0 Å². The fraction of sp³-hybridized carbons (Fsp3) is 0. The second-order valence-electron chi connectivity index (χ2n) is 0.0962. The monoisotopic (exact) mass is 208 g/mol. The Morgan fingerprint density at radius 1 is 1.50 bits per heavy atom. The van der Waals surface area contributed by atoms with Crippen LogP contribution >= 0.6 is 0 Å². The molecule has 0 amide bonds. The normalized spacial score (nSPS) is 2.00. The molecule has 0 saturated carbocycles. The van der Waals surface area contributed by atoms with Crippen molar-refractivity contribution in [2.75, 3.05) is 0 Å². The summed E-state index contributed by atoms with van der Waals surface area (Å²) in [7, 11) is 0. The van der Waals surface area contributed by atoms with E-state index in [0.717, 1.165) is 0 Å². The molecule has 0 fully saturated rings. The summed E-state index contributed by atoms with van der Waals surface area (Å²) in [6, 6.07) is 0. The number of hydrogen-bond acceptors (Lipinski definition) is 3. The van der Waals surface area contributed by atoms with Crippen LogP contribution in [-0.2, 0) is 4.79 Å². The van der Waals surface area contributed by atoms with Gasteiger partial charge < -0.3 is 15.4 Å². The van der Waals surface area contributed by atoms with E-state index in [0.29, 0.717) is 0 Å². The average Bonchev–Trinajstić information content (AvgIpc) is 0.918. The van der Waals surface area contributed by atoms with Crippen LogP contribution in [0.15, 0.2) is 0 Å². The third-order valence-electron chi connectivity index (χ3n) is 0. The van der Waals surface area contributed by atoms with E-state index in [1.54, 1.807) is 0 Å². The summed E-state index contributed by atoms with van der Waals surface area (Å²) in [5.41, 5.74) is 0. The minimum atomic E-state index is -0.500. The van der Waals surface area contributed by atoms with Crippen molar-refractivity contribution in [3.63, 3.8) is 0 Å². The predicted molar refractivity (Wildman–Crippen MR) is 20.9 cm³/mol. The summed E-state index contributed by atoms with van der Waals surface area (Å²) >= 11 is 0. The summed E-state index contributed by atoms with van der Waals surface area (Å²) in [6.45, 7) is -0.500. The van der Waals surface area contributed by atoms with Gasteiger partial charge in [0.1, 0.15) is 0 Å². The van der Waals surface area contributed by atoms with Crippen LogP contribution in [0.25, 0.3) is 0 Å². The Labute approximate surface area is 88.0 Å². The van der Waals surface area contributed by atoms with Crippen LogP contribution in [0.3, 0.4) is 0 Å². The van der Waals surface area contributed by atoms with Gasteiger partial charge in [-0.25, -0.2) is 0 Å². The Kier molecular flexibility index (Phi) is 130. The fourth-order valence-corrected chi connectivity index (χ4v) is 0. The van der Waals surface area contributed by atoms with Gasteiger partial charge in [0.2, 0.25) is 0 Å². The molecule has 0 aliphatic heterocycles. The van der Waals surface area contributed by atoms with E-state index in [1.165, 1.54) is 0 Å². The molecule has 0 aromatic carbocycles. The maximum absolute atomic E-state index is 8.25. The molecule has 0 radical (unpaired) electrons. The van der Waals surface area contributed by atoms with Gasteiger partial charge in [0, 0.05) is 6.47 Å². The second-order valence-corrected chi connectivity index (χ2v) is 0.0962. The summed E-state index contributed by atoms with van der Waals surface area (Å²) in [6.07, 6.45) is 0. The topological polar surface area (TPSA) is 70.1 Å². The Balaban J connectivity index is -0.00000000667. The van der Waals surface area contributed by atoms with E-state index in [2.05, 4.69) is 0 Å². The molecule has 0 rings (SSSR count). The summed E-state index contributed by atoms with van der Waals surface area (Å²) in [4.78, 5) is 8.25. The molecule has 3 nitrogen and oxygen atoms in total. The molecule has 0 aromatic rings. The van der Waals surface area contributed by atoms with E-state index >= 15 is 0 Å². The maximum atomic E-state index is 8.25. The Morgan fingerprint density at radius 2 is 1.50 bits per heavy atom. The number of hydrogen-bond donors (Lipinski definition) is 0. The Hall–Kier alpha value is 1.60. The first kappa shape index (κ1) is 25.5. The van der Waals surface area contributed by atoms with Crippen LogP contribution in [0.4, 0.5) is 0 Å². The van der Waals surface area contributed by atoms with Crippen molar-refractivity contribution in [1.82, 2.24) is 0 Å². The quantitative estimate of drug-likeness (QED) is 0.317. The smallest absolute Gasteiger partial charge is 0.870 e. The van der Waals surface area contributed by atoms with E-state index in [-0.39, 0.29) is 73.2 Å². The van der Waals surface area contributed by atoms with Gasteiger partial charge in [0.05, 0.1) is 0 Å². The molecule has 0 atom stereocenters. The zero-order chi connectivity index (χ0) is 2.71. The number of carbonyl (C=O) groups excluding carboxylic acids is 1. The second kappa shape index (κ2) is 30.6. The van der Waals surface area contributed by atoms with Crippen LogP contribution in [0, 0.1) is 0 Å². The predicted octanol–water partition coefficient (Wildman–Crippen LogP) is -2.84. The van der Waals surface area contributed by atoms with Crippen molar-refractivity contribution in [2.24, 2.45) is 0 Å². The minimum Gasteiger partial charge on any atom is -0.870 e. The van der Waals surface area contributed by atoms with Crippen molar-refractivity contribution in [3.8, 4) is 0 Å². The Bertz CT molecular complexity index is 18.3. The van der Waals surface area contributed by atoms with Crippen LogP contribution < -0.4 is 5.11 Å². The van der Waals surface area contributed by atoms with Crippen LogP contribution in [0.5, 0.6) is 0 Å². The van der Waals surface area contributed by atoms with Gasteiger partial charge in [-0.1, -0.05) is 0 Å². The molecule has 0 heterocycles. The minimum absolute atomic E-state index is 0. The summed E-state index contributed by atoms with van der Waals surface area (Å²) in [5, 5.41) is 8.25. The largest absolute Gasteiger partial charge is 0.870 e. The SMILES string of the molecule is O=C[O-].[Ba+2].[LiH].[OH-]. The van der Waals surface area contributed by atoms with Crippen molar-refractivity contribution in [2.45, 2.75) is 0 Å². The number of carboxylic acid groups (broad SMARTS) is 1. The molecule has 0 spiro atoms. The maximum Gasteiger partial charge on any atom is -0.870 e. The van der Waals surface area contributed by atoms with Crippen molar-refractivity contribution < 1.29 is 15.4 Å². The molecule has 6 heavy (non-hydrogen) atoms. The van der Waals surface area contributed by atoms with Crippen molar-refractivity contribution in [3.05, 3.63) is 0 Å². The standard InChI is InChI=1S/CH2O2.Ba.Li.H2O.H/c2-1-3;;;;/h1H,(H,2,3);;;1H2;/q;+2;;;/p-2. The van der Waals surface area contributed by atoms with Crippen molar-refractivity contribution >= 4 is 74.2 Å². The first-order valence-corrected chi connectivity index (χ1v) is 0.471. The molecule has 1 N–H and O–H groups in total. The molecule has 0 bridgehead atoms. The molecule has 0 aliphatic rings. The first-order chi connectivity index (χ1) is 1.41. The van der Waals surface area contributed by atoms with Crippen molar-refractivity contribution in [1.29, 1.82) is 0 Å². The number of carbonyl (C=O) groups is 1. The molecule has 5 heteroatoms. The molecular weight excluding hydrogens is 204 g/mol. The van der Waals surface area contributed by atoms with Crippen LogP contribution in [-0.4, -0.2) is 79.7 Å². The van der Waals surface area contributed by atoms with E-state index < -0.39 is 6.47 Å². The average molecular weight is 207 g/mol. The third-order valence-corrected chi connectivity index (χ3v) is 0. The summed E-state index contributed by atoms with van der Waals surface area (Å²) in [5.74, 6) is 0. The molecule has 0 aliphatic carbocycles. The zero-order valence-electron chi connectivity index (χ0n) is 2.55. The van der Waals surface area contributed by atoms with E-state index in [9.17, 15) is 0 Å². The van der Waals surface area contributed by atoms with E-state index in [1.807, 2.05) is 0 Å². The molecular formula is CH3BaLiO3. The molecule has 0 saturated heterocycles. The fourth-order valence-electron chi connectivity index (χ4n) is 0. The van der Waals surface area contributed by atoms with E-state index in [4.69, 9.17) is 9.90 Å². The summed E-state index contributed by atoms with van der Waals surface area (Å²) < 4.78 is 0. The van der Waals surface area contributed by atoms with Gasteiger partial charge in [-0.2, -0.15) is 0 Å². The van der Waals surface area contributed by atoms with Gasteiger partial charge in [0.15, 0.2) is 0 Å². The zero-order valence-corrected chi connectivity index (χ0v) is 6.99. The van der Waals surface area contributed by atoms with Gasteiger partial charge in [-0.3, -0.25) is 0 Å². The number of rotatable bonds is 0. The molecule has 28 valence electrons. The van der Waals surface area contributed by atoms with Gasteiger partial charge in [-0.15, -0.1) is 0 Å². The van der Waals surface area contributed by atoms with Gasteiger partial charge in [-0.05, 0) is 0 Å². The van der Waals surface area contributed by atoms with Crippen LogP contribution in [0.2, 0.25) is 0 Å². The molecule has 0 aromatic heterocycles. The first-order valence-electron chi connectivity index (χ1n) is 0.471. The Morgan fingerprint density at radius 3 is 1.50 bits per heavy atom. The van der Waals surface area contributed by atoms with Crippen LogP contribution in [0.1, 0.15) is 0 Å².